The molecule has 0 aromatic heterocycles. The molecule has 0 bridgehead atoms. The molecule has 4 aliphatic rings. The number of likely N-dealkylation sites (tertiary alicyclic amines) is 2. The fourth-order valence-corrected chi connectivity index (χ4v) is 9.17. The second-order valence-electron chi connectivity index (χ2n) is 15.8. The first-order valence-corrected chi connectivity index (χ1v) is 18.2. The molecule has 5 amide bonds. The van der Waals surface area contributed by atoms with Crippen molar-refractivity contribution in [2.24, 2.45) is 16.2 Å². The van der Waals surface area contributed by atoms with E-state index in [1.165, 1.54) is 0 Å². The molecule has 1 aliphatic carbocycles. The fraction of sp³-hybridized carbons (Fsp3) is 0.538. The van der Waals surface area contributed by atoms with Crippen molar-refractivity contribution in [3.63, 3.8) is 0 Å². The number of hydrogen-bond donors (Lipinski definition) is 2. The van der Waals surface area contributed by atoms with Crippen molar-refractivity contribution in [1.82, 2.24) is 20.4 Å². The Morgan fingerprint density at radius 2 is 1.71 bits per heavy atom. The summed E-state index contributed by atoms with van der Waals surface area (Å²) < 4.78 is 6.34. The number of imide groups is 2. The van der Waals surface area contributed by atoms with Gasteiger partial charge in [-0.05, 0) is 88.0 Å². The molecular formula is C39H46ClN5O6. The molecule has 1 saturated carbocycles. The molecule has 11 nitrogen and oxygen atoms in total. The third-order valence-corrected chi connectivity index (χ3v) is 11.9. The van der Waals surface area contributed by atoms with Gasteiger partial charge in [-0.1, -0.05) is 51.4 Å². The van der Waals surface area contributed by atoms with Crippen LogP contribution in [-0.4, -0.2) is 77.2 Å². The van der Waals surface area contributed by atoms with Crippen LogP contribution in [0, 0.1) is 27.6 Å². The Morgan fingerprint density at radius 1 is 1.02 bits per heavy atom. The molecule has 6 rings (SSSR count). The van der Waals surface area contributed by atoms with E-state index in [-0.39, 0.29) is 65.9 Å². The maximum Gasteiger partial charge on any atom is 0.251 e. The highest BCUT2D eigenvalue weighted by Crippen LogP contribution is 2.55. The molecule has 0 radical (unpaired) electrons. The van der Waals surface area contributed by atoms with Crippen molar-refractivity contribution < 1.29 is 28.7 Å². The van der Waals surface area contributed by atoms with Crippen LogP contribution in [0.4, 0.5) is 0 Å². The fourth-order valence-electron chi connectivity index (χ4n) is 8.96. The largest absolute Gasteiger partial charge is 0.489 e. The van der Waals surface area contributed by atoms with E-state index in [2.05, 4.69) is 49.3 Å². The third-order valence-electron chi connectivity index (χ3n) is 11.6. The molecule has 1 spiro atoms. The number of carbonyl (C=O) groups is 5. The molecule has 4 fully saturated rings. The molecule has 3 saturated heterocycles. The number of halogens is 1. The van der Waals surface area contributed by atoms with Crippen LogP contribution in [0.5, 0.6) is 5.75 Å². The van der Waals surface area contributed by atoms with Gasteiger partial charge in [-0.2, -0.15) is 5.26 Å². The highest BCUT2D eigenvalue weighted by Gasteiger charge is 2.64. The highest BCUT2D eigenvalue weighted by molar-refractivity contribution is 6.31. The Balaban J connectivity index is 0.934. The van der Waals surface area contributed by atoms with Gasteiger partial charge >= 0.3 is 0 Å². The SMILES string of the molecule is CC1(C)C(NC(=O)c2ccc(CCCCN3CCC4(CC3)CC(=O)N(C3CCC(=O)NC3=O)C4=O)cc2)C(C)(C)C1Oc1ccc(C#N)c(Cl)c1. The molecule has 2 aromatic rings. The van der Waals surface area contributed by atoms with E-state index in [0.29, 0.717) is 34.7 Å². The summed E-state index contributed by atoms with van der Waals surface area (Å²) in [6.07, 6.45) is 4.27. The molecule has 1 atom stereocenters. The zero-order valence-electron chi connectivity index (χ0n) is 29.7. The van der Waals surface area contributed by atoms with Crippen molar-refractivity contribution in [1.29, 1.82) is 5.26 Å². The minimum atomic E-state index is -0.888. The summed E-state index contributed by atoms with van der Waals surface area (Å²) in [7, 11) is 0. The number of ether oxygens (including phenoxy) is 1. The van der Waals surface area contributed by atoms with Crippen LogP contribution in [0.2, 0.25) is 5.02 Å². The van der Waals surface area contributed by atoms with Gasteiger partial charge in [-0.3, -0.25) is 34.2 Å². The zero-order chi connectivity index (χ0) is 36.7. The molecule has 2 aromatic carbocycles. The number of piperidine rings is 2. The second kappa shape index (κ2) is 14.0. The van der Waals surface area contributed by atoms with Crippen LogP contribution < -0.4 is 15.4 Å². The number of unbranched alkanes of at least 4 members (excludes halogenated alkanes) is 1. The zero-order valence-corrected chi connectivity index (χ0v) is 30.5. The van der Waals surface area contributed by atoms with Crippen molar-refractivity contribution in [2.45, 2.75) is 97.2 Å². The van der Waals surface area contributed by atoms with Gasteiger partial charge in [0.25, 0.3) is 5.91 Å². The minimum absolute atomic E-state index is 0.127. The van der Waals surface area contributed by atoms with Crippen LogP contribution in [0.15, 0.2) is 42.5 Å². The predicted molar refractivity (Wildman–Crippen MR) is 190 cm³/mol. The summed E-state index contributed by atoms with van der Waals surface area (Å²) in [5.74, 6) is -1.04. The first-order valence-electron chi connectivity index (χ1n) is 17.8. The van der Waals surface area contributed by atoms with E-state index in [1.807, 2.05) is 24.3 Å². The molecular weight excluding hydrogens is 670 g/mol. The Bertz CT molecular complexity index is 1760. The monoisotopic (exact) mass is 715 g/mol. The number of aryl methyl sites for hydroxylation is 1. The normalized spacial score (nSPS) is 25.3. The Labute approximate surface area is 304 Å². The highest BCUT2D eigenvalue weighted by atomic mass is 35.5. The summed E-state index contributed by atoms with van der Waals surface area (Å²) in [6, 6.07) is 13.9. The van der Waals surface area contributed by atoms with Crippen LogP contribution in [0.3, 0.4) is 0 Å². The number of nitrogens with zero attached hydrogens (tertiary/aromatic N) is 3. The van der Waals surface area contributed by atoms with Gasteiger partial charge in [0.1, 0.15) is 24.0 Å². The number of rotatable bonds is 10. The van der Waals surface area contributed by atoms with E-state index >= 15 is 0 Å². The van der Waals surface area contributed by atoms with Gasteiger partial charge < -0.3 is 15.0 Å². The van der Waals surface area contributed by atoms with Crippen LogP contribution >= 0.6 is 11.6 Å². The van der Waals surface area contributed by atoms with E-state index in [4.69, 9.17) is 16.3 Å². The topological polar surface area (TPSA) is 149 Å². The van der Waals surface area contributed by atoms with E-state index in [9.17, 15) is 29.2 Å². The standard InChI is InChI=1S/C39H46ClN5O6/c1-37(2)34(38(3,4)35(37)51-27-13-12-26(23-41)28(40)21-27)43-32(48)25-10-8-24(9-11-25)7-5-6-18-44-19-16-39(17-20-44)22-31(47)45(36(39)50)29-14-15-30(46)42-33(29)49/h8-13,21,29,34-35H,5-7,14-20,22H2,1-4H3,(H,43,48)(H,42,46,49). The number of hydrogen-bond acceptors (Lipinski definition) is 8. The van der Waals surface area contributed by atoms with Crippen LogP contribution in [0.1, 0.15) is 94.1 Å². The number of nitriles is 1. The van der Waals surface area contributed by atoms with Crippen LogP contribution in [0.25, 0.3) is 0 Å². The Kier molecular flexibility index (Phi) is 10.1. The lowest BCUT2D eigenvalue weighted by Gasteiger charge is -2.63. The molecule has 1 unspecified atom stereocenters. The lowest BCUT2D eigenvalue weighted by atomic mass is 9.49. The lowest BCUT2D eigenvalue weighted by molar-refractivity contribution is -0.164. The summed E-state index contributed by atoms with van der Waals surface area (Å²) in [5, 5.41) is 15.0. The van der Waals surface area contributed by atoms with Crippen molar-refractivity contribution in [3.05, 3.63) is 64.2 Å². The van der Waals surface area contributed by atoms with E-state index in [0.717, 1.165) is 49.4 Å². The summed E-state index contributed by atoms with van der Waals surface area (Å²) >= 11 is 6.22. The molecule has 3 heterocycles. The second-order valence-corrected chi connectivity index (χ2v) is 16.2. The molecule has 12 heteroatoms. The average Bonchev–Trinajstić information content (AvgIpc) is 3.33. The molecule has 270 valence electrons. The van der Waals surface area contributed by atoms with Crippen molar-refractivity contribution in [2.75, 3.05) is 19.6 Å². The van der Waals surface area contributed by atoms with Crippen LogP contribution in [-0.2, 0) is 25.6 Å². The summed E-state index contributed by atoms with van der Waals surface area (Å²) in [6.45, 7) is 10.7. The summed E-state index contributed by atoms with van der Waals surface area (Å²) in [5.41, 5.74) is 0.706. The van der Waals surface area contributed by atoms with Crippen molar-refractivity contribution in [3.8, 4) is 11.8 Å². The molecule has 2 N–H and O–H groups in total. The van der Waals surface area contributed by atoms with Crippen molar-refractivity contribution >= 4 is 41.1 Å². The maximum atomic E-state index is 13.4. The Morgan fingerprint density at radius 3 is 2.33 bits per heavy atom. The van der Waals surface area contributed by atoms with Gasteiger partial charge in [0.15, 0.2) is 0 Å². The van der Waals surface area contributed by atoms with Gasteiger partial charge in [-0.15, -0.1) is 0 Å². The maximum absolute atomic E-state index is 13.4. The van der Waals surface area contributed by atoms with Gasteiger partial charge in [-0.25, -0.2) is 0 Å². The minimum Gasteiger partial charge on any atom is -0.489 e. The number of nitrogens with one attached hydrogen (secondary N) is 2. The quantitative estimate of drug-likeness (QED) is 0.264. The first-order chi connectivity index (χ1) is 24.2. The average molecular weight is 716 g/mol. The van der Waals surface area contributed by atoms with Gasteiger partial charge in [0, 0.05) is 41.3 Å². The molecule has 3 aliphatic heterocycles. The molecule has 51 heavy (non-hydrogen) atoms. The lowest BCUT2D eigenvalue weighted by Crippen LogP contribution is -2.74. The smallest absolute Gasteiger partial charge is 0.251 e. The van der Waals surface area contributed by atoms with E-state index < -0.39 is 17.4 Å². The number of carbonyl (C=O) groups excluding carboxylic acids is 5. The number of amides is 5. The van der Waals surface area contributed by atoms with E-state index in [1.54, 1.807) is 18.2 Å². The first kappa shape index (κ1) is 36.5. The Hall–Kier alpha value is -4.27. The third kappa shape index (κ3) is 7.01. The summed E-state index contributed by atoms with van der Waals surface area (Å²) in [4.78, 5) is 67.0. The predicted octanol–water partition coefficient (Wildman–Crippen LogP) is 4.79. The number of benzene rings is 2. The van der Waals surface area contributed by atoms with Gasteiger partial charge in [0.05, 0.1) is 16.0 Å². The van der Waals surface area contributed by atoms with Gasteiger partial charge in [0.2, 0.25) is 23.6 Å².